The molecule has 1 atom stereocenters. The molecule has 0 bridgehead atoms. The average Bonchev–Trinajstić information content (AvgIpc) is 3.01. The predicted octanol–water partition coefficient (Wildman–Crippen LogP) is 3.30. The number of aromatic nitrogens is 2. The number of amides is 1. The smallest absolute Gasteiger partial charge is 0.255 e. The number of hydrogen-bond donors (Lipinski definition) is 2. The molecule has 6 heteroatoms. The van der Waals surface area contributed by atoms with Gasteiger partial charge in [0.05, 0.1) is 5.56 Å². The summed E-state index contributed by atoms with van der Waals surface area (Å²) < 4.78 is 1.84. The Morgan fingerprint density at radius 3 is 2.67 bits per heavy atom. The molecule has 0 aliphatic heterocycles. The van der Waals surface area contributed by atoms with E-state index in [0.717, 1.165) is 5.56 Å². The van der Waals surface area contributed by atoms with Crippen molar-refractivity contribution in [1.82, 2.24) is 14.9 Å². The SMILES string of the molecule is Cn1ccnc1C(NC(=O)c1cc(Cl)ccc1O)c1ccccc1. The van der Waals surface area contributed by atoms with E-state index in [4.69, 9.17) is 11.6 Å². The highest BCUT2D eigenvalue weighted by atomic mass is 35.5. The van der Waals surface area contributed by atoms with E-state index in [1.54, 1.807) is 6.20 Å². The third-order valence-corrected chi connectivity index (χ3v) is 3.96. The van der Waals surface area contributed by atoms with Gasteiger partial charge in [-0.3, -0.25) is 4.79 Å². The fourth-order valence-corrected chi connectivity index (χ4v) is 2.67. The first-order valence-corrected chi connectivity index (χ1v) is 7.75. The number of halogens is 1. The number of imidazole rings is 1. The van der Waals surface area contributed by atoms with Gasteiger partial charge in [-0.2, -0.15) is 0 Å². The van der Waals surface area contributed by atoms with Gasteiger partial charge in [-0.25, -0.2) is 4.98 Å². The number of benzene rings is 2. The van der Waals surface area contributed by atoms with Crippen LogP contribution < -0.4 is 5.32 Å². The van der Waals surface area contributed by atoms with E-state index in [9.17, 15) is 9.90 Å². The standard InChI is InChI=1S/C18H16ClN3O2/c1-22-10-9-20-17(22)16(12-5-3-2-4-6-12)21-18(24)14-11-13(19)7-8-15(14)23/h2-11,16,23H,1H3,(H,21,24). The summed E-state index contributed by atoms with van der Waals surface area (Å²) in [5, 5.41) is 13.2. The maximum absolute atomic E-state index is 12.6. The molecule has 3 rings (SSSR count). The Kier molecular flexibility index (Phi) is 4.53. The fraction of sp³-hybridized carbons (Fsp3) is 0.111. The van der Waals surface area contributed by atoms with Crippen LogP contribution in [0.3, 0.4) is 0 Å². The Balaban J connectivity index is 1.97. The molecule has 1 amide bonds. The highest BCUT2D eigenvalue weighted by Crippen LogP contribution is 2.25. The summed E-state index contributed by atoms with van der Waals surface area (Å²) in [6.45, 7) is 0. The predicted molar refractivity (Wildman–Crippen MR) is 92.1 cm³/mol. The van der Waals surface area contributed by atoms with Crippen molar-refractivity contribution in [1.29, 1.82) is 0 Å². The van der Waals surface area contributed by atoms with Gasteiger partial charge in [0.15, 0.2) is 0 Å². The van der Waals surface area contributed by atoms with Gasteiger partial charge >= 0.3 is 0 Å². The number of nitrogens with one attached hydrogen (secondary N) is 1. The molecule has 3 aromatic rings. The van der Waals surface area contributed by atoms with E-state index < -0.39 is 11.9 Å². The second kappa shape index (κ2) is 6.76. The van der Waals surface area contributed by atoms with Crippen LogP contribution in [0.25, 0.3) is 0 Å². The monoisotopic (exact) mass is 341 g/mol. The first-order chi connectivity index (χ1) is 11.6. The topological polar surface area (TPSA) is 67.2 Å². The first-order valence-electron chi connectivity index (χ1n) is 7.38. The number of rotatable bonds is 4. The van der Waals surface area contributed by atoms with Crippen molar-refractivity contribution in [2.75, 3.05) is 0 Å². The zero-order valence-corrected chi connectivity index (χ0v) is 13.7. The Labute approximate surface area is 144 Å². The van der Waals surface area contributed by atoms with Gasteiger partial charge in [0, 0.05) is 24.5 Å². The number of aromatic hydroxyl groups is 1. The molecule has 5 nitrogen and oxygen atoms in total. The number of phenolic OH excluding ortho intramolecular Hbond substituents is 1. The molecule has 2 N–H and O–H groups in total. The van der Waals surface area contributed by atoms with E-state index in [0.29, 0.717) is 10.8 Å². The molecule has 1 aromatic heterocycles. The number of carbonyl (C=O) groups is 1. The minimum Gasteiger partial charge on any atom is -0.507 e. The lowest BCUT2D eigenvalue weighted by molar-refractivity contribution is 0.0938. The zero-order valence-electron chi connectivity index (χ0n) is 13.0. The van der Waals surface area contributed by atoms with Crippen LogP contribution in [-0.2, 0) is 7.05 Å². The summed E-state index contributed by atoms with van der Waals surface area (Å²) in [5.41, 5.74) is 1.01. The van der Waals surface area contributed by atoms with Crippen molar-refractivity contribution in [3.05, 3.63) is 82.9 Å². The van der Waals surface area contributed by atoms with Gasteiger partial charge < -0.3 is 15.0 Å². The Morgan fingerprint density at radius 1 is 1.25 bits per heavy atom. The van der Waals surface area contributed by atoms with E-state index in [1.165, 1.54) is 18.2 Å². The molecule has 1 unspecified atom stereocenters. The molecule has 122 valence electrons. The van der Waals surface area contributed by atoms with Crippen LogP contribution in [-0.4, -0.2) is 20.6 Å². The number of carbonyl (C=O) groups excluding carboxylic acids is 1. The fourth-order valence-electron chi connectivity index (χ4n) is 2.50. The summed E-state index contributed by atoms with van der Waals surface area (Å²) in [5.74, 6) is 0.145. The number of phenols is 1. The lowest BCUT2D eigenvalue weighted by Crippen LogP contribution is -2.31. The Morgan fingerprint density at radius 2 is 2.00 bits per heavy atom. The summed E-state index contributed by atoms with van der Waals surface area (Å²) in [7, 11) is 1.86. The van der Waals surface area contributed by atoms with Crippen LogP contribution in [0.5, 0.6) is 5.75 Å². The first kappa shape index (κ1) is 16.1. The molecular formula is C18H16ClN3O2. The summed E-state index contributed by atoms with van der Waals surface area (Å²) in [6.07, 6.45) is 3.49. The van der Waals surface area contributed by atoms with E-state index in [-0.39, 0.29) is 11.3 Å². The van der Waals surface area contributed by atoms with Crippen molar-refractivity contribution < 1.29 is 9.90 Å². The maximum atomic E-state index is 12.6. The van der Waals surface area contributed by atoms with E-state index in [1.807, 2.05) is 48.1 Å². The van der Waals surface area contributed by atoms with Crippen LogP contribution in [0.4, 0.5) is 0 Å². The van der Waals surface area contributed by atoms with Crippen molar-refractivity contribution in [3.63, 3.8) is 0 Å². The third kappa shape index (κ3) is 3.26. The lowest BCUT2D eigenvalue weighted by Gasteiger charge is -2.19. The van der Waals surface area contributed by atoms with Crippen LogP contribution >= 0.6 is 11.6 Å². The van der Waals surface area contributed by atoms with Gasteiger partial charge in [0.2, 0.25) is 0 Å². The second-order valence-electron chi connectivity index (χ2n) is 5.37. The van der Waals surface area contributed by atoms with Crippen molar-refractivity contribution in [3.8, 4) is 5.75 Å². The molecule has 24 heavy (non-hydrogen) atoms. The molecule has 0 aliphatic carbocycles. The van der Waals surface area contributed by atoms with Crippen LogP contribution in [0, 0.1) is 0 Å². The normalized spacial score (nSPS) is 11.9. The average molecular weight is 342 g/mol. The minimum atomic E-state index is -0.447. The van der Waals surface area contributed by atoms with Crippen molar-refractivity contribution >= 4 is 17.5 Å². The molecule has 0 saturated carbocycles. The second-order valence-corrected chi connectivity index (χ2v) is 5.81. The van der Waals surface area contributed by atoms with Crippen LogP contribution in [0.2, 0.25) is 5.02 Å². The number of hydrogen-bond acceptors (Lipinski definition) is 3. The quantitative estimate of drug-likeness (QED) is 0.765. The van der Waals surface area contributed by atoms with E-state index >= 15 is 0 Å². The third-order valence-electron chi connectivity index (χ3n) is 3.73. The highest BCUT2D eigenvalue weighted by Gasteiger charge is 2.22. The molecule has 0 fully saturated rings. The van der Waals surface area contributed by atoms with Gasteiger partial charge in [0.25, 0.3) is 5.91 Å². The minimum absolute atomic E-state index is 0.122. The van der Waals surface area contributed by atoms with Gasteiger partial charge in [-0.1, -0.05) is 41.9 Å². The molecule has 0 aliphatic rings. The molecule has 1 heterocycles. The molecule has 2 aromatic carbocycles. The molecule has 0 radical (unpaired) electrons. The van der Waals surface area contributed by atoms with Crippen molar-refractivity contribution in [2.45, 2.75) is 6.04 Å². The summed E-state index contributed by atoms with van der Waals surface area (Å²) in [6, 6.07) is 13.4. The number of nitrogens with zero attached hydrogens (tertiary/aromatic N) is 2. The maximum Gasteiger partial charge on any atom is 0.255 e. The molecule has 0 spiro atoms. The lowest BCUT2D eigenvalue weighted by atomic mass is 10.1. The zero-order chi connectivity index (χ0) is 17.1. The van der Waals surface area contributed by atoms with Crippen molar-refractivity contribution in [2.24, 2.45) is 7.05 Å². The Hall–Kier alpha value is -2.79. The Bertz CT molecular complexity index is 862. The van der Waals surface area contributed by atoms with Gasteiger partial charge in [-0.05, 0) is 23.8 Å². The molecule has 0 saturated heterocycles. The molecular weight excluding hydrogens is 326 g/mol. The summed E-state index contributed by atoms with van der Waals surface area (Å²) >= 11 is 5.93. The number of aryl methyl sites for hydroxylation is 1. The largest absolute Gasteiger partial charge is 0.507 e. The van der Waals surface area contributed by atoms with Crippen LogP contribution in [0.15, 0.2) is 60.9 Å². The van der Waals surface area contributed by atoms with Gasteiger partial charge in [0.1, 0.15) is 17.6 Å². The summed E-state index contributed by atoms with van der Waals surface area (Å²) in [4.78, 5) is 17.0. The van der Waals surface area contributed by atoms with Gasteiger partial charge in [-0.15, -0.1) is 0 Å². The van der Waals surface area contributed by atoms with Crippen LogP contribution in [0.1, 0.15) is 27.8 Å². The van der Waals surface area contributed by atoms with E-state index in [2.05, 4.69) is 10.3 Å². The highest BCUT2D eigenvalue weighted by molar-refractivity contribution is 6.31.